The first-order valence-electron chi connectivity index (χ1n) is 6.40. The molecular formula is C16H24. The molecule has 0 aliphatic carbocycles. The highest BCUT2D eigenvalue weighted by molar-refractivity contribution is 5.58. The Morgan fingerprint density at radius 3 is 2.44 bits per heavy atom. The monoisotopic (exact) mass is 216 g/mol. The standard InChI is InChI=1S/C16H24/c1-6-9-14-11-10-13(5)16(12(4)7-2)15(14)8-3/h6,9-12H,7-8H2,1-5H3. The quantitative estimate of drug-likeness (QED) is 0.656. The van der Waals surface area contributed by atoms with Crippen molar-refractivity contribution >= 4 is 6.08 Å². The molecule has 0 aliphatic heterocycles. The molecule has 0 aliphatic rings. The van der Waals surface area contributed by atoms with E-state index in [4.69, 9.17) is 0 Å². The van der Waals surface area contributed by atoms with E-state index in [0.717, 1.165) is 6.42 Å². The van der Waals surface area contributed by atoms with Crippen molar-refractivity contribution in [1.29, 1.82) is 0 Å². The lowest BCUT2D eigenvalue weighted by Crippen LogP contribution is -2.03. The summed E-state index contributed by atoms with van der Waals surface area (Å²) in [5, 5.41) is 0. The van der Waals surface area contributed by atoms with E-state index >= 15 is 0 Å². The van der Waals surface area contributed by atoms with Gasteiger partial charge in [0.15, 0.2) is 0 Å². The van der Waals surface area contributed by atoms with Crippen LogP contribution in [-0.4, -0.2) is 0 Å². The van der Waals surface area contributed by atoms with Gasteiger partial charge in [-0.2, -0.15) is 0 Å². The summed E-state index contributed by atoms with van der Waals surface area (Å²) in [4.78, 5) is 0. The number of allylic oxidation sites excluding steroid dienone is 1. The summed E-state index contributed by atoms with van der Waals surface area (Å²) < 4.78 is 0. The molecule has 0 aromatic heterocycles. The summed E-state index contributed by atoms with van der Waals surface area (Å²) in [5.74, 6) is 0.667. The molecule has 0 bridgehead atoms. The highest BCUT2D eigenvalue weighted by Gasteiger charge is 2.13. The Labute approximate surface area is 100 Å². The van der Waals surface area contributed by atoms with Crippen LogP contribution in [0, 0.1) is 6.92 Å². The van der Waals surface area contributed by atoms with Crippen molar-refractivity contribution in [3.8, 4) is 0 Å². The van der Waals surface area contributed by atoms with Crippen molar-refractivity contribution in [3.05, 3.63) is 40.5 Å². The molecule has 1 atom stereocenters. The number of rotatable bonds is 4. The lowest BCUT2D eigenvalue weighted by molar-refractivity contribution is 0.717. The van der Waals surface area contributed by atoms with E-state index < -0.39 is 0 Å². The Morgan fingerprint density at radius 2 is 1.94 bits per heavy atom. The number of hydrogen-bond donors (Lipinski definition) is 0. The zero-order valence-electron chi connectivity index (χ0n) is 11.3. The highest BCUT2D eigenvalue weighted by Crippen LogP contribution is 2.29. The Hall–Kier alpha value is -1.04. The second-order valence-corrected chi connectivity index (χ2v) is 4.53. The van der Waals surface area contributed by atoms with E-state index in [1.165, 1.54) is 23.1 Å². The number of benzene rings is 1. The van der Waals surface area contributed by atoms with E-state index in [-0.39, 0.29) is 0 Å². The Morgan fingerprint density at radius 1 is 1.25 bits per heavy atom. The van der Waals surface area contributed by atoms with Crippen LogP contribution < -0.4 is 0 Å². The van der Waals surface area contributed by atoms with Crippen LogP contribution in [-0.2, 0) is 6.42 Å². The summed E-state index contributed by atoms with van der Waals surface area (Å²) in [5.41, 5.74) is 5.94. The van der Waals surface area contributed by atoms with E-state index in [1.807, 2.05) is 0 Å². The van der Waals surface area contributed by atoms with Crippen LogP contribution in [0.25, 0.3) is 6.08 Å². The predicted octanol–water partition coefficient (Wildman–Crippen LogP) is 5.10. The summed E-state index contributed by atoms with van der Waals surface area (Å²) in [6.07, 6.45) is 6.70. The third-order valence-electron chi connectivity index (χ3n) is 3.42. The van der Waals surface area contributed by atoms with Crippen molar-refractivity contribution in [1.82, 2.24) is 0 Å². The average Bonchev–Trinajstić information content (AvgIpc) is 2.30. The van der Waals surface area contributed by atoms with Crippen LogP contribution >= 0.6 is 0 Å². The fourth-order valence-electron chi connectivity index (χ4n) is 2.42. The van der Waals surface area contributed by atoms with Gasteiger partial charge in [-0.1, -0.05) is 45.1 Å². The van der Waals surface area contributed by atoms with Gasteiger partial charge in [-0.3, -0.25) is 0 Å². The second-order valence-electron chi connectivity index (χ2n) is 4.53. The largest absolute Gasteiger partial charge is 0.0871 e. The number of aryl methyl sites for hydroxylation is 1. The molecule has 1 rings (SSSR count). The summed E-state index contributed by atoms with van der Waals surface area (Å²) in [7, 11) is 0. The van der Waals surface area contributed by atoms with Crippen molar-refractivity contribution in [2.45, 2.75) is 53.4 Å². The first-order valence-corrected chi connectivity index (χ1v) is 6.40. The Balaban J connectivity index is 3.37. The van der Waals surface area contributed by atoms with Crippen LogP contribution in [0.2, 0.25) is 0 Å². The topological polar surface area (TPSA) is 0 Å². The van der Waals surface area contributed by atoms with Crippen molar-refractivity contribution in [2.75, 3.05) is 0 Å². The molecule has 0 heterocycles. The van der Waals surface area contributed by atoms with E-state index in [1.54, 1.807) is 5.56 Å². The van der Waals surface area contributed by atoms with Crippen LogP contribution in [0.15, 0.2) is 18.2 Å². The highest BCUT2D eigenvalue weighted by atomic mass is 14.2. The first kappa shape index (κ1) is 13.0. The van der Waals surface area contributed by atoms with Crippen LogP contribution in [0.3, 0.4) is 0 Å². The van der Waals surface area contributed by atoms with Crippen LogP contribution in [0.5, 0.6) is 0 Å². The molecule has 0 N–H and O–H groups in total. The van der Waals surface area contributed by atoms with Gasteiger partial charge in [0.2, 0.25) is 0 Å². The lowest BCUT2D eigenvalue weighted by Gasteiger charge is -2.19. The minimum Gasteiger partial charge on any atom is -0.0871 e. The smallest absolute Gasteiger partial charge is 0.0187 e. The van der Waals surface area contributed by atoms with Crippen molar-refractivity contribution in [2.24, 2.45) is 0 Å². The van der Waals surface area contributed by atoms with Crippen molar-refractivity contribution in [3.63, 3.8) is 0 Å². The summed E-state index contributed by atoms with van der Waals surface area (Å²) in [6, 6.07) is 4.51. The molecule has 1 unspecified atom stereocenters. The van der Waals surface area contributed by atoms with Gasteiger partial charge in [-0.15, -0.1) is 0 Å². The molecule has 0 fully saturated rings. The minimum absolute atomic E-state index is 0.667. The molecule has 0 nitrogen and oxygen atoms in total. The fourth-order valence-corrected chi connectivity index (χ4v) is 2.42. The van der Waals surface area contributed by atoms with Gasteiger partial charge in [0, 0.05) is 0 Å². The fraction of sp³-hybridized carbons (Fsp3) is 0.500. The second kappa shape index (κ2) is 5.89. The van der Waals surface area contributed by atoms with Gasteiger partial charge in [-0.05, 0) is 54.9 Å². The SMILES string of the molecule is CC=Cc1ccc(C)c(C(C)CC)c1CC. The average molecular weight is 216 g/mol. The van der Waals surface area contributed by atoms with Crippen LogP contribution in [0.4, 0.5) is 0 Å². The minimum atomic E-state index is 0.667. The molecule has 16 heavy (non-hydrogen) atoms. The van der Waals surface area contributed by atoms with Gasteiger partial charge in [0.05, 0.1) is 0 Å². The maximum absolute atomic E-state index is 2.33. The maximum atomic E-state index is 2.33. The molecule has 0 heteroatoms. The maximum Gasteiger partial charge on any atom is -0.0187 e. The molecule has 0 radical (unpaired) electrons. The van der Waals surface area contributed by atoms with E-state index in [0.29, 0.717) is 5.92 Å². The van der Waals surface area contributed by atoms with Crippen LogP contribution in [0.1, 0.15) is 62.3 Å². The summed E-state index contributed by atoms with van der Waals surface area (Å²) >= 11 is 0. The lowest BCUT2D eigenvalue weighted by atomic mass is 9.86. The molecule has 0 amide bonds. The zero-order chi connectivity index (χ0) is 12.1. The summed E-state index contributed by atoms with van der Waals surface area (Å²) in [6.45, 7) is 11.2. The van der Waals surface area contributed by atoms with E-state index in [9.17, 15) is 0 Å². The molecule has 1 aromatic carbocycles. The molecule has 0 spiro atoms. The molecule has 88 valence electrons. The van der Waals surface area contributed by atoms with Gasteiger partial charge in [0.25, 0.3) is 0 Å². The third kappa shape index (κ3) is 2.55. The first-order chi connectivity index (χ1) is 7.65. The van der Waals surface area contributed by atoms with Gasteiger partial charge < -0.3 is 0 Å². The van der Waals surface area contributed by atoms with Crippen molar-refractivity contribution < 1.29 is 0 Å². The zero-order valence-corrected chi connectivity index (χ0v) is 11.3. The van der Waals surface area contributed by atoms with Gasteiger partial charge in [-0.25, -0.2) is 0 Å². The molecular weight excluding hydrogens is 192 g/mol. The Kier molecular flexibility index (Phi) is 4.79. The Bertz CT molecular complexity index is 372. The normalized spacial score (nSPS) is 13.3. The third-order valence-corrected chi connectivity index (χ3v) is 3.42. The molecule has 1 aromatic rings. The molecule has 0 saturated heterocycles. The number of hydrogen-bond acceptors (Lipinski definition) is 0. The van der Waals surface area contributed by atoms with E-state index in [2.05, 4.69) is 58.9 Å². The molecule has 0 saturated carbocycles. The van der Waals surface area contributed by atoms with Gasteiger partial charge >= 0.3 is 0 Å². The van der Waals surface area contributed by atoms with Gasteiger partial charge in [0.1, 0.15) is 0 Å². The predicted molar refractivity (Wildman–Crippen MR) is 74.0 cm³/mol.